The quantitative estimate of drug-likeness (QED) is 0.349. The number of hydrogen-bond donors (Lipinski definition) is 1. The van der Waals surface area contributed by atoms with Gasteiger partial charge in [0.05, 0.1) is 11.4 Å². The maximum absolute atomic E-state index is 12.4. The molecule has 164 valence electrons. The van der Waals surface area contributed by atoms with Crippen molar-refractivity contribution in [1.82, 2.24) is 19.7 Å². The van der Waals surface area contributed by atoms with E-state index in [-0.39, 0.29) is 11.7 Å². The molecule has 0 bridgehead atoms. The second kappa shape index (κ2) is 10.4. The predicted molar refractivity (Wildman–Crippen MR) is 128 cm³/mol. The average Bonchev–Trinajstić information content (AvgIpc) is 3.44. The third-order valence-electron chi connectivity index (χ3n) is 4.65. The molecule has 9 heteroatoms. The number of aryl methyl sites for hydroxylation is 1. The summed E-state index contributed by atoms with van der Waals surface area (Å²) >= 11 is 2.76. The molecule has 0 atom stereocenters. The average molecular weight is 466 g/mol. The van der Waals surface area contributed by atoms with Crippen molar-refractivity contribution in [3.63, 3.8) is 0 Å². The van der Waals surface area contributed by atoms with Gasteiger partial charge >= 0.3 is 0 Å². The van der Waals surface area contributed by atoms with E-state index in [1.54, 1.807) is 0 Å². The second-order valence-electron chi connectivity index (χ2n) is 6.99. The molecule has 2 aromatic carbocycles. The number of thiazole rings is 1. The fourth-order valence-corrected chi connectivity index (χ4v) is 4.55. The Balaban J connectivity index is 1.32. The summed E-state index contributed by atoms with van der Waals surface area (Å²) in [4.78, 5) is 17.0. The molecule has 4 aromatic rings. The molecule has 2 aromatic heterocycles. The van der Waals surface area contributed by atoms with Crippen LogP contribution in [0.5, 0.6) is 5.75 Å². The van der Waals surface area contributed by atoms with Gasteiger partial charge in [-0.2, -0.15) is 0 Å². The summed E-state index contributed by atoms with van der Waals surface area (Å²) in [6.45, 7) is 5.07. The number of para-hydroxylation sites is 1. The number of thioether (sulfide) groups is 1. The summed E-state index contributed by atoms with van der Waals surface area (Å²) in [5.41, 5.74) is 3.08. The molecule has 0 saturated carbocycles. The minimum Gasteiger partial charge on any atom is -0.486 e. The highest BCUT2D eigenvalue weighted by molar-refractivity contribution is 7.99. The van der Waals surface area contributed by atoms with E-state index in [1.807, 2.05) is 78.4 Å². The highest BCUT2D eigenvalue weighted by atomic mass is 32.2. The van der Waals surface area contributed by atoms with Crippen molar-refractivity contribution >= 4 is 34.1 Å². The Hall–Kier alpha value is -3.17. The normalized spacial score (nSPS) is 10.8. The van der Waals surface area contributed by atoms with Crippen LogP contribution in [0.1, 0.15) is 18.3 Å². The topological polar surface area (TPSA) is 81.9 Å². The Kier molecular flexibility index (Phi) is 7.18. The van der Waals surface area contributed by atoms with Crippen LogP contribution in [0.25, 0.3) is 11.3 Å². The Morgan fingerprint density at radius 1 is 1.12 bits per heavy atom. The molecule has 0 aliphatic carbocycles. The molecule has 0 saturated heterocycles. The third-order valence-corrected chi connectivity index (χ3v) is 6.38. The van der Waals surface area contributed by atoms with Crippen LogP contribution in [0.15, 0.2) is 65.1 Å². The SMILES string of the molecule is CCn1c(COc2ccccc2)nnc1SCC(=O)Nc1nc(-c2ccc(C)cc2)cs1. The number of rotatable bonds is 9. The van der Waals surface area contributed by atoms with Gasteiger partial charge in [-0.1, -0.05) is 59.8 Å². The van der Waals surface area contributed by atoms with E-state index < -0.39 is 0 Å². The highest BCUT2D eigenvalue weighted by Gasteiger charge is 2.15. The number of amides is 1. The van der Waals surface area contributed by atoms with Gasteiger partial charge < -0.3 is 14.6 Å². The number of anilines is 1. The predicted octanol–water partition coefficient (Wildman–Crippen LogP) is 5.04. The molecule has 0 aliphatic rings. The number of hydrogen-bond acceptors (Lipinski definition) is 7. The van der Waals surface area contributed by atoms with Gasteiger partial charge in [0, 0.05) is 17.5 Å². The van der Waals surface area contributed by atoms with Gasteiger partial charge in [0.25, 0.3) is 0 Å². The van der Waals surface area contributed by atoms with Crippen LogP contribution in [-0.4, -0.2) is 31.4 Å². The molecule has 4 rings (SSSR count). The van der Waals surface area contributed by atoms with E-state index >= 15 is 0 Å². The van der Waals surface area contributed by atoms with Crippen molar-refractivity contribution in [3.05, 3.63) is 71.4 Å². The molecule has 0 radical (unpaired) electrons. The molecule has 2 heterocycles. The lowest BCUT2D eigenvalue weighted by Gasteiger charge is -2.08. The molecular weight excluding hydrogens is 442 g/mol. The van der Waals surface area contributed by atoms with Gasteiger partial charge in [0.15, 0.2) is 16.1 Å². The maximum atomic E-state index is 12.4. The van der Waals surface area contributed by atoms with Crippen LogP contribution in [0, 0.1) is 6.92 Å². The lowest BCUT2D eigenvalue weighted by molar-refractivity contribution is -0.113. The number of benzene rings is 2. The van der Waals surface area contributed by atoms with Crippen LogP contribution < -0.4 is 10.1 Å². The van der Waals surface area contributed by atoms with Gasteiger partial charge in [0.1, 0.15) is 12.4 Å². The first kappa shape index (κ1) is 22.0. The Labute approximate surface area is 194 Å². The molecule has 32 heavy (non-hydrogen) atoms. The third kappa shape index (κ3) is 5.54. The minimum atomic E-state index is -0.132. The van der Waals surface area contributed by atoms with E-state index in [1.165, 1.54) is 28.7 Å². The molecule has 0 aliphatic heterocycles. The fraction of sp³-hybridized carbons (Fsp3) is 0.217. The summed E-state index contributed by atoms with van der Waals surface area (Å²) < 4.78 is 7.74. The standard InChI is InChI=1S/C23H23N5O2S2/c1-3-28-20(13-30-18-7-5-4-6-8-18)26-27-23(28)32-15-21(29)25-22-24-19(14-31-22)17-11-9-16(2)10-12-17/h4-12,14H,3,13,15H2,1-2H3,(H,24,25,29). The molecule has 1 N–H and O–H groups in total. The van der Waals surface area contributed by atoms with Crippen LogP contribution in [0.2, 0.25) is 0 Å². The van der Waals surface area contributed by atoms with Crippen LogP contribution in [0.4, 0.5) is 5.13 Å². The number of nitrogens with one attached hydrogen (secondary N) is 1. The minimum absolute atomic E-state index is 0.132. The van der Waals surface area contributed by atoms with Crippen molar-refractivity contribution in [1.29, 1.82) is 0 Å². The van der Waals surface area contributed by atoms with Crippen molar-refractivity contribution < 1.29 is 9.53 Å². The summed E-state index contributed by atoms with van der Waals surface area (Å²) in [7, 11) is 0. The van der Waals surface area contributed by atoms with Gasteiger partial charge in [-0.3, -0.25) is 4.79 Å². The molecule has 0 fully saturated rings. The molecule has 1 amide bonds. The smallest absolute Gasteiger partial charge is 0.236 e. The van der Waals surface area contributed by atoms with E-state index in [9.17, 15) is 4.79 Å². The van der Waals surface area contributed by atoms with Gasteiger partial charge in [-0.15, -0.1) is 21.5 Å². The maximum Gasteiger partial charge on any atom is 0.236 e. The van der Waals surface area contributed by atoms with E-state index in [2.05, 4.69) is 20.5 Å². The number of carbonyl (C=O) groups excluding carboxylic acids is 1. The van der Waals surface area contributed by atoms with Crippen molar-refractivity contribution in [2.45, 2.75) is 32.2 Å². The first-order chi connectivity index (χ1) is 15.6. The summed E-state index contributed by atoms with van der Waals surface area (Å²) in [6.07, 6.45) is 0. The Morgan fingerprint density at radius 3 is 2.66 bits per heavy atom. The Morgan fingerprint density at radius 2 is 1.91 bits per heavy atom. The van der Waals surface area contributed by atoms with E-state index in [0.717, 1.165) is 22.8 Å². The van der Waals surface area contributed by atoms with Crippen molar-refractivity contribution in [3.8, 4) is 17.0 Å². The number of ether oxygens (including phenoxy) is 1. The van der Waals surface area contributed by atoms with E-state index in [4.69, 9.17) is 4.74 Å². The van der Waals surface area contributed by atoms with Crippen LogP contribution in [-0.2, 0) is 17.9 Å². The lowest BCUT2D eigenvalue weighted by Crippen LogP contribution is -2.14. The zero-order chi connectivity index (χ0) is 22.3. The monoisotopic (exact) mass is 465 g/mol. The van der Waals surface area contributed by atoms with Gasteiger partial charge in [0.2, 0.25) is 5.91 Å². The summed E-state index contributed by atoms with van der Waals surface area (Å²) in [6, 6.07) is 17.7. The Bertz CT molecular complexity index is 1170. The van der Waals surface area contributed by atoms with Gasteiger partial charge in [-0.25, -0.2) is 4.98 Å². The first-order valence-corrected chi connectivity index (χ1v) is 12.0. The van der Waals surface area contributed by atoms with Crippen LogP contribution in [0.3, 0.4) is 0 Å². The molecule has 0 spiro atoms. The number of nitrogens with zero attached hydrogens (tertiary/aromatic N) is 4. The second-order valence-corrected chi connectivity index (χ2v) is 8.79. The zero-order valence-corrected chi connectivity index (χ0v) is 19.4. The van der Waals surface area contributed by atoms with E-state index in [0.29, 0.717) is 23.4 Å². The molecule has 0 unspecified atom stereocenters. The van der Waals surface area contributed by atoms with Crippen molar-refractivity contribution in [2.75, 3.05) is 11.1 Å². The van der Waals surface area contributed by atoms with Gasteiger partial charge in [-0.05, 0) is 26.0 Å². The first-order valence-electron chi connectivity index (χ1n) is 10.2. The largest absolute Gasteiger partial charge is 0.486 e. The molecular formula is C23H23N5O2S2. The summed E-state index contributed by atoms with van der Waals surface area (Å²) in [5, 5.41) is 14.6. The summed E-state index contributed by atoms with van der Waals surface area (Å²) in [5.74, 6) is 1.59. The molecule has 7 nitrogen and oxygen atoms in total. The number of carbonyl (C=O) groups is 1. The lowest BCUT2D eigenvalue weighted by atomic mass is 10.1. The highest BCUT2D eigenvalue weighted by Crippen LogP contribution is 2.26. The fourth-order valence-electron chi connectivity index (χ4n) is 2.99. The number of aromatic nitrogens is 4. The van der Waals surface area contributed by atoms with Crippen LogP contribution >= 0.6 is 23.1 Å². The van der Waals surface area contributed by atoms with Crippen molar-refractivity contribution in [2.24, 2.45) is 0 Å². The zero-order valence-electron chi connectivity index (χ0n) is 17.8.